The van der Waals surface area contributed by atoms with Gasteiger partial charge in [-0.15, -0.1) is 0 Å². The molecule has 3 aromatic carbocycles. The monoisotopic (exact) mass is 398 g/mol. The van der Waals surface area contributed by atoms with Crippen LogP contribution in [0.2, 0.25) is 0 Å². The van der Waals surface area contributed by atoms with Crippen LogP contribution in [-0.2, 0) is 4.79 Å². The van der Waals surface area contributed by atoms with Crippen molar-refractivity contribution in [2.75, 3.05) is 5.32 Å². The van der Waals surface area contributed by atoms with E-state index >= 15 is 0 Å². The SMILES string of the molecule is O=C(CCC1CCCCC1)Nc1ccccc1-c1nc2ccc3ccccc3c2o1. The highest BCUT2D eigenvalue weighted by molar-refractivity contribution is 6.04. The Kier molecular flexibility index (Phi) is 5.22. The van der Waals surface area contributed by atoms with Gasteiger partial charge in [0.2, 0.25) is 11.8 Å². The van der Waals surface area contributed by atoms with Gasteiger partial charge in [0.1, 0.15) is 5.52 Å². The molecule has 1 amide bonds. The van der Waals surface area contributed by atoms with E-state index in [1.807, 2.05) is 48.5 Å². The zero-order valence-corrected chi connectivity index (χ0v) is 17.1. The second kappa shape index (κ2) is 8.31. The number of hydrogen-bond donors (Lipinski definition) is 1. The van der Waals surface area contributed by atoms with Gasteiger partial charge < -0.3 is 9.73 Å². The summed E-state index contributed by atoms with van der Waals surface area (Å²) in [6.07, 6.45) is 8.03. The fourth-order valence-corrected chi connectivity index (χ4v) is 4.57. The Morgan fingerprint density at radius 3 is 2.67 bits per heavy atom. The zero-order chi connectivity index (χ0) is 20.3. The summed E-state index contributed by atoms with van der Waals surface area (Å²) in [5.41, 5.74) is 3.16. The van der Waals surface area contributed by atoms with Crippen LogP contribution in [0.15, 0.2) is 65.1 Å². The first-order valence-corrected chi connectivity index (χ1v) is 11.0. The quantitative estimate of drug-likeness (QED) is 0.396. The second-order valence-electron chi connectivity index (χ2n) is 8.29. The molecular weight excluding hydrogens is 372 g/mol. The number of nitrogens with zero attached hydrogens (tertiary/aromatic N) is 1. The van der Waals surface area contributed by atoms with Crippen LogP contribution in [0.5, 0.6) is 0 Å². The Hall–Kier alpha value is -3.14. The lowest BCUT2D eigenvalue weighted by Gasteiger charge is -2.21. The lowest BCUT2D eigenvalue weighted by molar-refractivity contribution is -0.116. The molecule has 1 aromatic heterocycles. The van der Waals surface area contributed by atoms with E-state index in [1.54, 1.807) is 0 Å². The van der Waals surface area contributed by atoms with Crippen LogP contribution in [0.4, 0.5) is 5.69 Å². The topological polar surface area (TPSA) is 55.1 Å². The summed E-state index contributed by atoms with van der Waals surface area (Å²) in [4.78, 5) is 17.3. The Morgan fingerprint density at radius 1 is 0.967 bits per heavy atom. The number of rotatable bonds is 5. The lowest BCUT2D eigenvalue weighted by Crippen LogP contribution is -2.15. The molecule has 0 saturated heterocycles. The van der Waals surface area contributed by atoms with Crippen LogP contribution in [-0.4, -0.2) is 10.9 Å². The van der Waals surface area contributed by atoms with Crippen molar-refractivity contribution < 1.29 is 9.21 Å². The van der Waals surface area contributed by atoms with E-state index in [-0.39, 0.29) is 5.91 Å². The van der Waals surface area contributed by atoms with E-state index in [2.05, 4.69) is 17.4 Å². The Bertz CT molecular complexity index is 1190. The maximum atomic E-state index is 12.6. The standard InChI is InChI=1S/C26H26N2O2/c29-24(17-14-18-8-2-1-3-9-18)27-22-13-7-6-12-21(22)26-28-23-16-15-19-10-4-5-11-20(19)25(23)30-26/h4-7,10-13,15-16,18H,1-3,8-9,14,17H2,(H,27,29). The predicted octanol–water partition coefficient (Wildman–Crippen LogP) is 6.95. The van der Waals surface area contributed by atoms with Gasteiger partial charge in [0.15, 0.2) is 5.58 Å². The van der Waals surface area contributed by atoms with E-state index in [0.29, 0.717) is 18.2 Å². The summed E-state index contributed by atoms with van der Waals surface area (Å²) in [5, 5.41) is 5.26. The Balaban J connectivity index is 1.39. The number of aromatic nitrogens is 1. The molecule has 0 bridgehead atoms. The second-order valence-corrected chi connectivity index (χ2v) is 8.29. The van der Waals surface area contributed by atoms with Gasteiger partial charge in [-0.05, 0) is 35.9 Å². The third-order valence-corrected chi connectivity index (χ3v) is 6.22. The predicted molar refractivity (Wildman–Crippen MR) is 121 cm³/mol. The van der Waals surface area contributed by atoms with Gasteiger partial charge in [-0.1, -0.05) is 74.6 Å². The van der Waals surface area contributed by atoms with E-state index < -0.39 is 0 Å². The maximum Gasteiger partial charge on any atom is 0.229 e. The molecule has 4 nitrogen and oxygen atoms in total. The smallest absolute Gasteiger partial charge is 0.229 e. The van der Waals surface area contributed by atoms with Crippen LogP contribution >= 0.6 is 0 Å². The molecule has 0 spiro atoms. The summed E-state index contributed by atoms with van der Waals surface area (Å²) in [6, 6.07) is 19.9. The molecule has 1 aliphatic rings. The van der Waals surface area contributed by atoms with Crippen molar-refractivity contribution in [1.82, 2.24) is 4.98 Å². The number of benzene rings is 3. The average molecular weight is 399 g/mol. The normalized spacial score (nSPS) is 14.9. The molecule has 1 aliphatic carbocycles. The van der Waals surface area contributed by atoms with Crippen molar-refractivity contribution in [3.05, 3.63) is 60.7 Å². The molecular formula is C26H26N2O2. The van der Waals surface area contributed by atoms with Gasteiger partial charge in [0, 0.05) is 11.8 Å². The Labute approximate surface area is 176 Å². The molecule has 4 aromatic rings. The maximum absolute atomic E-state index is 12.6. The van der Waals surface area contributed by atoms with Gasteiger partial charge in [0.25, 0.3) is 0 Å². The molecule has 1 saturated carbocycles. The number of carbonyl (C=O) groups is 1. The van der Waals surface area contributed by atoms with E-state index in [9.17, 15) is 4.79 Å². The van der Waals surface area contributed by atoms with Gasteiger partial charge in [-0.3, -0.25) is 4.79 Å². The van der Waals surface area contributed by atoms with Crippen LogP contribution in [0, 0.1) is 5.92 Å². The summed E-state index contributed by atoms with van der Waals surface area (Å²) >= 11 is 0. The molecule has 5 rings (SSSR count). The first-order valence-electron chi connectivity index (χ1n) is 11.0. The van der Waals surface area contributed by atoms with Crippen molar-refractivity contribution >= 4 is 33.5 Å². The Morgan fingerprint density at radius 2 is 1.77 bits per heavy atom. The van der Waals surface area contributed by atoms with Crippen LogP contribution in [0.3, 0.4) is 0 Å². The van der Waals surface area contributed by atoms with Crippen LogP contribution < -0.4 is 5.32 Å². The highest BCUT2D eigenvalue weighted by Gasteiger charge is 2.17. The molecule has 1 fully saturated rings. The van der Waals surface area contributed by atoms with Crippen molar-refractivity contribution in [2.24, 2.45) is 5.92 Å². The van der Waals surface area contributed by atoms with Gasteiger partial charge in [0.05, 0.1) is 11.3 Å². The number of hydrogen-bond acceptors (Lipinski definition) is 3. The number of nitrogens with one attached hydrogen (secondary N) is 1. The summed E-state index contributed by atoms with van der Waals surface area (Å²) in [7, 11) is 0. The van der Waals surface area contributed by atoms with E-state index in [4.69, 9.17) is 9.40 Å². The average Bonchev–Trinajstić information content (AvgIpc) is 3.23. The highest BCUT2D eigenvalue weighted by Crippen LogP contribution is 2.33. The highest BCUT2D eigenvalue weighted by atomic mass is 16.3. The first kappa shape index (κ1) is 18.9. The molecule has 1 N–H and O–H groups in total. The number of oxazole rings is 1. The molecule has 0 radical (unpaired) electrons. The summed E-state index contributed by atoms with van der Waals surface area (Å²) < 4.78 is 6.18. The van der Waals surface area contributed by atoms with Gasteiger partial charge >= 0.3 is 0 Å². The molecule has 152 valence electrons. The molecule has 0 unspecified atom stereocenters. The largest absolute Gasteiger partial charge is 0.435 e. The fraction of sp³-hybridized carbons (Fsp3) is 0.308. The number of fused-ring (bicyclic) bond motifs is 3. The number of carbonyl (C=O) groups excluding carboxylic acids is 1. The van der Waals surface area contributed by atoms with E-state index in [1.165, 1.54) is 32.1 Å². The molecule has 4 heteroatoms. The molecule has 0 atom stereocenters. The van der Waals surface area contributed by atoms with Crippen molar-refractivity contribution in [3.63, 3.8) is 0 Å². The molecule has 1 heterocycles. The third-order valence-electron chi connectivity index (χ3n) is 6.22. The van der Waals surface area contributed by atoms with Crippen LogP contribution in [0.1, 0.15) is 44.9 Å². The first-order chi connectivity index (χ1) is 14.8. The van der Waals surface area contributed by atoms with Gasteiger partial charge in [-0.25, -0.2) is 4.98 Å². The summed E-state index contributed by atoms with van der Waals surface area (Å²) in [5.74, 6) is 1.30. The van der Waals surface area contributed by atoms with Gasteiger partial charge in [-0.2, -0.15) is 0 Å². The van der Waals surface area contributed by atoms with Crippen molar-refractivity contribution in [1.29, 1.82) is 0 Å². The van der Waals surface area contributed by atoms with Crippen molar-refractivity contribution in [2.45, 2.75) is 44.9 Å². The van der Waals surface area contributed by atoms with E-state index in [0.717, 1.165) is 39.5 Å². The molecule has 0 aliphatic heterocycles. The zero-order valence-electron chi connectivity index (χ0n) is 17.1. The third kappa shape index (κ3) is 3.82. The fourth-order valence-electron chi connectivity index (χ4n) is 4.57. The lowest BCUT2D eigenvalue weighted by atomic mass is 9.86. The number of amides is 1. The van der Waals surface area contributed by atoms with Crippen molar-refractivity contribution in [3.8, 4) is 11.5 Å². The number of para-hydroxylation sites is 1. The minimum absolute atomic E-state index is 0.0644. The summed E-state index contributed by atoms with van der Waals surface area (Å²) in [6.45, 7) is 0. The minimum atomic E-state index is 0.0644. The number of anilines is 1. The molecule has 30 heavy (non-hydrogen) atoms. The van der Waals surface area contributed by atoms with Crippen LogP contribution in [0.25, 0.3) is 33.3 Å². The minimum Gasteiger partial charge on any atom is -0.435 e.